The molecule has 0 aliphatic carbocycles. The Morgan fingerprint density at radius 1 is 0.560 bits per heavy atom. The molecule has 0 spiro atoms. The lowest BCUT2D eigenvalue weighted by molar-refractivity contribution is -0.441. The molecule has 1 aromatic rings. The molecule has 1 rings (SSSR count). The first-order chi connectivity index (χ1) is 10.9. The van der Waals surface area contributed by atoms with Gasteiger partial charge in [0.1, 0.15) is 0 Å². The van der Waals surface area contributed by atoms with Gasteiger partial charge in [-0.3, -0.25) is 0 Å². The predicted molar refractivity (Wildman–Crippen MR) is 55.0 cm³/mol. The van der Waals surface area contributed by atoms with Crippen LogP contribution in [0.3, 0.4) is 0 Å². The third-order valence-corrected chi connectivity index (χ3v) is 2.98. The summed E-state index contributed by atoms with van der Waals surface area (Å²) < 4.78 is 167. The molecule has 13 heteroatoms. The minimum atomic E-state index is -7.89. The van der Waals surface area contributed by atoms with Crippen LogP contribution in [0.5, 0.6) is 0 Å². The summed E-state index contributed by atoms with van der Waals surface area (Å²) >= 11 is 0. The highest BCUT2D eigenvalue weighted by atomic mass is 19.4. The van der Waals surface area contributed by atoms with Gasteiger partial charge in [-0.25, -0.2) is 0 Å². The molecule has 0 nitrogen and oxygen atoms in total. The standard InChI is InChI=1S/C12H4F13/c13-7(14,6-4-2-1-3-5-6)8(15,16)9(17,18)10(19,20)11(21,22)12(23,24)25/h1-4H. The van der Waals surface area contributed by atoms with Crippen LogP contribution in [0.1, 0.15) is 5.56 Å². The van der Waals surface area contributed by atoms with E-state index in [-0.39, 0.29) is 6.07 Å². The van der Waals surface area contributed by atoms with Crippen LogP contribution < -0.4 is 0 Å². The summed E-state index contributed by atoms with van der Waals surface area (Å²) in [4.78, 5) is 0. The molecular weight excluding hydrogens is 391 g/mol. The van der Waals surface area contributed by atoms with E-state index in [0.717, 1.165) is 6.07 Å². The predicted octanol–water partition coefficient (Wildman–Crippen LogP) is 5.68. The first-order valence-corrected chi connectivity index (χ1v) is 5.78. The van der Waals surface area contributed by atoms with Crippen molar-refractivity contribution in [2.45, 2.75) is 35.8 Å². The van der Waals surface area contributed by atoms with E-state index < -0.39 is 41.4 Å². The smallest absolute Gasteiger partial charge is 0.194 e. The molecule has 0 fully saturated rings. The Balaban J connectivity index is 3.54. The van der Waals surface area contributed by atoms with Crippen molar-refractivity contribution in [2.75, 3.05) is 0 Å². The van der Waals surface area contributed by atoms with Gasteiger partial charge < -0.3 is 0 Å². The fourth-order valence-corrected chi connectivity index (χ4v) is 1.53. The molecule has 0 unspecified atom stereocenters. The molecular formula is C12H4F13. The van der Waals surface area contributed by atoms with Gasteiger partial charge in [-0.2, -0.15) is 57.1 Å². The second-order valence-corrected chi connectivity index (χ2v) is 4.65. The zero-order valence-corrected chi connectivity index (χ0v) is 11.2. The highest BCUT2D eigenvalue weighted by Crippen LogP contribution is 2.61. The third kappa shape index (κ3) is 2.80. The van der Waals surface area contributed by atoms with Crippen molar-refractivity contribution in [3.05, 3.63) is 35.9 Å². The number of halogens is 13. The second kappa shape index (κ2) is 5.66. The van der Waals surface area contributed by atoms with Gasteiger partial charge in [0.05, 0.1) is 0 Å². The van der Waals surface area contributed by atoms with Gasteiger partial charge in [-0.05, 0) is 6.07 Å². The Morgan fingerprint density at radius 3 is 1.36 bits per heavy atom. The molecule has 143 valence electrons. The van der Waals surface area contributed by atoms with Gasteiger partial charge in [-0.1, -0.05) is 24.3 Å². The Labute approximate surface area is 130 Å². The van der Waals surface area contributed by atoms with Crippen LogP contribution in [-0.2, 0) is 5.92 Å². The Bertz CT molecular complexity index is 599. The molecule has 0 atom stereocenters. The molecule has 0 amide bonds. The maximum absolute atomic E-state index is 13.5. The van der Waals surface area contributed by atoms with Gasteiger partial charge in [0, 0.05) is 5.56 Å². The summed E-state index contributed by atoms with van der Waals surface area (Å²) in [7, 11) is 0. The largest absolute Gasteiger partial charge is 0.460 e. The Morgan fingerprint density at radius 2 is 1.00 bits per heavy atom. The van der Waals surface area contributed by atoms with Crippen molar-refractivity contribution < 1.29 is 57.1 Å². The van der Waals surface area contributed by atoms with E-state index in [9.17, 15) is 57.1 Å². The summed E-state index contributed by atoms with van der Waals surface area (Å²) in [6.07, 6.45) is -7.41. The summed E-state index contributed by atoms with van der Waals surface area (Å²) in [6.45, 7) is 0. The number of hydrogen-bond acceptors (Lipinski definition) is 0. The van der Waals surface area contributed by atoms with Crippen LogP contribution in [0.25, 0.3) is 0 Å². The lowest BCUT2D eigenvalue weighted by Gasteiger charge is -2.39. The molecule has 0 aromatic heterocycles. The number of rotatable bonds is 5. The van der Waals surface area contributed by atoms with Crippen molar-refractivity contribution >= 4 is 0 Å². The van der Waals surface area contributed by atoms with Crippen LogP contribution >= 0.6 is 0 Å². The van der Waals surface area contributed by atoms with E-state index in [1.165, 1.54) is 6.07 Å². The quantitative estimate of drug-likeness (QED) is 0.563. The molecule has 0 aliphatic heterocycles. The van der Waals surface area contributed by atoms with Crippen LogP contribution in [-0.4, -0.2) is 29.9 Å². The second-order valence-electron chi connectivity index (χ2n) is 4.65. The van der Waals surface area contributed by atoms with Gasteiger partial charge in [0.15, 0.2) is 0 Å². The van der Waals surface area contributed by atoms with Crippen molar-refractivity contribution in [2.24, 2.45) is 0 Å². The van der Waals surface area contributed by atoms with E-state index in [1.807, 2.05) is 0 Å². The third-order valence-electron chi connectivity index (χ3n) is 2.98. The molecule has 0 aliphatic rings. The minimum absolute atomic E-state index is 0.0179. The summed E-state index contributed by atoms with van der Waals surface area (Å²) in [5, 5.41) is 0. The molecule has 0 saturated heterocycles. The number of benzene rings is 1. The molecule has 0 heterocycles. The van der Waals surface area contributed by atoms with Crippen LogP contribution in [0.4, 0.5) is 57.1 Å². The fourth-order valence-electron chi connectivity index (χ4n) is 1.53. The van der Waals surface area contributed by atoms with E-state index in [1.54, 1.807) is 0 Å². The van der Waals surface area contributed by atoms with Gasteiger partial charge in [0.25, 0.3) is 0 Å². The van der Waals surface area contributed by atoms with Gasteiger partial charge >= 0.3 is 35.8 Å². The lowest BCUT2D eigenvalue weighted by atomic mass is 9.90. The Hall–Kier alpha value is -1.69. The van der Waals surface area contributed by atoms with Crippen LogP contribution in [0.15, 0.2) is 24.3 Å². The molecule has 25 heavy (non-hydrogen) atoms. The molecule has 0 N–H and O–H groups in total. The summed E-state index contributed by atoms with van der Waals surface area (Å²) in [6, 6.07) is 3.22. The SMILES string of the molecule is FC(F)(F)C(F)(F)C(F)(F)C(F)(F)C(F)(F)C(F)(F)c1[c]cccc1. The van der Waals surface area contributed by atoms with Gasteiger partial charge in [0.2, 0.25) is 0 Å². The van der Waals surface area contributed by atoms with Gasteiger partial charge in [-0.15, -0.1) is 0 Å². The fraction of sp³-hybridized carbons (Fsp3) is 0.500. The first kappa shape index (κ1) is 21.4. The lowest BCUT2D eigenvalue weighted by Crippen LogP contribution is -2.69. The normalized spacial score (nSPS) is 15.4. The van der Waals surface area contributed by atoms with Crippen molar-refractivity contribution in [3.63, 3.8) is 0 Å². The highest BCUT2D eigenvalue weighted by Gasteiger charge is 2.90. The molecule has 0 saturated carbocycles. The maximum atomic E-state index is 13.5. The van der Waals surface area contributed by atoms with E-state index in [2.05, 4.69) is 0 Å². The number of alkyl halides is 13. The average Bonchev–Trinajstić information content (AvgIpc) is 2.46. The molecule has 0 bridgehead atoms. The first-order valence-electron chi connectivity index (χ1n) is 5.78. The zero-order chi connectivity index (χ0) is 20.1. The van der Waals surface area contributed by atoms with E-state index in [0.29, 0.717) is 12.1 Å². The summed E-state index contributed by atoms with van der Waals surface area (Å²) in [5.74, 6) is -37.0. The van der Waals surface area contributed by atoms with E-state index in [4.69, 9.17) is 0 Å². The Kier molecular flexibility index (Phi) is 4.83. The van der Waals surface area contributed by atoms with E-state index >= 15 is 0 Å². The van der Waals surface area contributed by atoms with Crippen molar-refractivity contribution in [3.8, 4) is 0 Å². The van der Waals surface area contributed by atoms with Crippen molar-refractivity contribution in [1.29, 1.82) is 0 Å². The molecule has 1 radical (unpaired) electrons. The number of hydrogen-bond donors (Lipinski definition) is 0. The zero-order valence-electron chi connectivity index (χ0n) is 11.2. The van der Waals surface area contributed by atoms with Crippen molar-refractivity contribution in [1.82, 2.24) is 0 Å². The van der Waals surface area contributed by atoms with Crippen LogP contribution in [0, 0.1) is 6.07 Å². The molecule has 1 aromatic carbocycles. The maximum Gasteiger partial charge on any atom is 0.460 e. The van der Waals surface area contributed by atoms with Crippen LogP contribution in [0.2, 0.25) is 0 Å². The minimum Gasteiger partial charge on any atom is -0.194 e. The topological polar surface area (TPSA) is 0 Å². The monoisotopic (exact) mass is 395 g/mol. The highest BCUT2D eigenvalue weighted by molar-refractivity contribution is 5.24. The summed E-state index contributed by atoms with van der Waals surface area (Å²) in [5.41, 5.74) is -2.12. The average molecular weight is 395 g/mol.